The van der Waals surface area contributed by atoms with Crippen molar-refractivity contribution in [3.8, 4) is 0 Å². The first kappa shape index (κ1) is 12.1. The Morgan fingerprint density at radius 1 is 1.39 bits per heavy atom. The molecule has 6 nitrogen and oxygen atoms in total. The monoisotopic (exact) mass is 246 g/mol. The third-order valence-electron chi connectivity index (χ3n) is 2.74. The van der Waals surface area contributed by atoms with Gasteiger partial charge in [-0.25, -0.2) is 0 Å². The van der Waals surface area contributed by atoms with Crippen molar-refractivity contribution in [2.75, 3.05) is 5.32 Å². The lowest BCUT2D eigenvalue weighted by Crippen LogP contribution is -2.10. The Morgan fingerprint density at radius 3 is 2.67 bits per heavy atom. The summed E-state index contributed by atoms with van der Waals surface area (Å²) in [5, 5.41) is 14.0. The van der Waals surface area contributed by atoms with E-state index in [0.717, 1.165) is 5.56 Å². The van der Waals surface area contributed by atoms with Gasteiger partial charge in [-0.1, -0.05) is 30.3 Å². The van der Waals surface area contributed by atoms with Crippen LogP contribution in [0.4, 0.5) is 11.6 Å². The van der Waals surface area contributed by atoms with Gasteiger partial charge in [-0.15, -0.1) is 0 Å². The first-order chi connectivity index (χ1) is 8.59. The van der Waals surface area contributed by atoms with Crippen molar-refractivity contribution in [1.29, 1.82) is 0 Å². The van der Waals surface area contributed by atoms with Crippen molar-refractivity contribution < 1.29 is 4.92 Å². The molecule has 0 aliphatic rings. The highest BCUT2D eigenvalue weighted by Crippen LogP contribution is 2.25. The van der Waals surface area contributed by atoms with Crippen LogP contribution in [0.5, 0.6) is 0 Å². The molecular formula is C12H14N4O2. The molecule has 0 fully saturated rings. The quantitative estimate of drug-likeness (QED) is 0.664. The van der Waals surface area contributed by atoms with Gasteiger partial charge >= 0.3 is 5.82 Å². The number of hydrogen-bond donors (Lipinski definition) is 1. The van der Waals surface area contributed by atoms with Crippen molar-refractivity contribution in [3.05, 3.63) is 52.3 Å². The van der Waals surface area contributed by atoms with Gasteiger partial charge in [0.25, 0.3) is 0 Å². The number of imidazole rings is 1. The van der Waals surface area contributed by atoms with Crippen molar-refractivity contribution in [3.63, 3.8) is 0 Å². The Hall–Kier alpha value is -2.37. The van der Waals surface area contributed by atoms with E-state index in [2.05, 4.69) is 10.3 Å². The first-order valence-electron chi connectivity index (χ1n) is 5.56. The molecule has 0 amide bonds. The summed E-state index contributed by atoms with van der Waals surface area (Å²) in [5.41, 5.74) is 1.06. The van der Waals surface area contributed by atoms with E-state index in [-0.39, 0.29) is 11.9 Å². The van der Waals surface area contributed by atoms with Gasteiger partial charge < -0.3 is 15.4 Å². The lowest BCUT2D eigenvalue weighted by atomic mass is 10.1. The Balaban J connectivity index is 2.24. The van der Waals surface area contributed by atoms with Crippen molar-refractivity contribution in [2.45, 2.75) is 13.0 Å². The molecule has 1 aromatic carbocycles. The fourth-order valence-corrected chi connectivity index (χ4v) is 1.75. The molecule has 0 bridgehead atoms. The zero-order valence-corrected chi connectivity index (χ0v) is 10.2. The van der Waals surface area contributed by atoms with Crippen molar-refractivity contribution in [2.24, 2.45) is 7.05 Å². The Morgan fingerprint density at radius 2 is 2.06 bits per heavy atom. The van der Waals surface area contributed by atoms with Crippen LogP contribution >= 0.6 is 0 Å². The first-order valence-corrected chi connectivity index (χ1v) is 5.56. The molecule has 18 heavy (non-hydrogen) atoms. The van der Waals surface area contributed by atoms with E-state index in [4.69, 9.17) is 0 Å². The molecule has 94 valence electrons. The standard InChI is InChI=1S/C12H14N4O2/c1-9(10-6-4-3-5-7-10)14-12-11(16(17)18)13-8-15(12)2/h3-9,14H,1-2H3. The van der Waals surface area contributed by atoms with E-state index < -0.39 is 4.92 Å². The molecule has 0 radical (unpaired) electrons. The highest BCUT2D eigenvalue weighted by atomic mass is 16.6. The summed E-state index contributed by atoms with van der Waals surface area (Å²) in [6.07, 6.45) is 1.43. The van der Waals surface area contributed by atoms with Gasteiger partial charge in [-0.3, -0.25) is 4.57 Å². The number of nitrogens with zero attached hydrogens (tertiary/aromatic N) is 3. The van der Waals surface area contributed by atoms with Crippen LogP contribution < -0.4 is 5.32 Å². The second-order valence-corrected chi connectivity index (χ2v) is 4.06. The van der Waals surface area contributed by atoms with Gasteiger partial charge in [0.05, 0.1) is 6.04 Å². The molecule has 1 aromatic heterocycles. The molecule has 0 aliphatic heterocycles. The predicted molar refractivity (Wildman–Crippen MR) is 68.3 cm³/mol. The van der Waals surface area contributed by atoms with Crippen LogP contribution in [-0.4, -0.2) is 14.5 Å². The van der Waals surface area contributed by atoms with E-state index in [1.165, 1.54) is 6.33 Å². The number of nitrogens with one attached hydrogen (secondary N) is 1. The number of benzene rings is 1. The third kappa shape index (κ3) is 2.32. The average molecular weight is 246 g/mol. The molecule has 0 spiro atoms. The number of anilines is 1. The minimum atomic E-state index is -0.486. The summed E-state index contributed by atoms with van der Waals surface area (Å²) in [6.45, 7) is 1.95. The maximum Gasteiger partial charge on any atom is 0.406 e. The van der Waals surface area contributed by atoms with E-state index in [9.17, 15) is 10.1 Å². The van der Waals surface area contributed by atoms with Crippen LogP contribution in [0.25, 0.3) is 0 Å². The summed E-state index contributed by atoms with van der Waals surface area (Å²) in [4.78, 5) is 14.1. The van der Waals surface area contributed by atoms with Gasteiger partial charge in [-0.2, -0.15) is 0 Å². The molecular weight excluding hydrogens is 232 g/mol. The highest BCUT2D eigenvalue weighted by molar-refractivity contribution is 5.53. The summed E-state index contributed by atoms with van der Waals surface area (Å²) in [7, 11) is 1.72. The fraction of sp³-hybridized carbons (Fsp3) is 0.250. The molecule has 1 N–H and O–H groups in total. The zero-order chi connectivity index (χ0) is 13.1. The van der Waals surface area contributed by atoms with Crippen LogP contribution in [0.2, 0.25) is 0 Å². The van der Waals surface area contributed by atoms with Crippen molar-refractivity contribution >= 4 is 11.6 Å². The number of aromatic nitrogens is 2. The largest absolute Gasteiger partial charge is 0.406 e. The number of nitro groups is 1. The molecule has 0 aliphatic carbocycles. The van der Waals surface area contributed by atoms with Crippen molar-refractivity contribution in [1.82, 2.24) is 9.55 Å². The van der Waals surface area contributed by atoms with Crippen LogP contribution in [-0.2, 0) is 7.05 Å². The third-order valence-corrected chi connectivity index (χ3v) is 2.74. The number of rotatable bonds is 4. The molecule has 2 aromatic rings. The second-order valence-electron chi connectivity index (χ2n) is 4.06. The summed E-state index contributed by atoms with van der Waals surface area (Å²) in [6, 6.07) is 9.72. The maximum atomic E-state index is 10.8. The normalized spacial score (nSPS) is 12.1. The molecule has 1 unspecified atom stereocenters. The minimum absolute atomic E-state index is 0.0275. The molecule has 0 saturated carbocycles. The summed E-state index contributed by atoms with van der Waals surface area (Å²) < 4.78 is 1.61. The number of hydrogen-bond acceptors (Lipinski definition) is 4. The highest BCUT2D eigenvalue weighted by Gasteiger charge is 2.21. The Labute approximate surface area is 104 Å². The molecule has 2 rings (SSSR count). The molecule has 6 heteroatoms. The summed E-state index contributed by atoms with van der Waals surface area (Å²) in [5.74, 6) is 0.261. The summed E-state index contributed by atoms with van der Waals surface area (Å²) >= 11 is 0. The van der Waals surface area contributed by atoms with E-state index >= 15 is 0 Å². The predicted octanol–water partition coefficient (Wildman–Crippen LogP) is 2.50. The van der Waals surface area contributed by atoms with Crippen LogP contribution in [0, 0.1) is 10.1 Å². The second kappa shape index (κ2) is 4.87. The molecule has 1 heterocycles. The maximum absolute atomic E-state index is 10.8. The van der Waals surface area contributed by atoms with Gasteiger partial charge in [-0.05, 0) is 22.4 Å². The number of aryl methyl sites for hydroxylation is 1. The van der Waals surface area contributed by atoms with Gasteiger partial charge in [0, 0.05) is 7.05 Å². The molecule has 0 saturated heterocycles. The Kier molecular flexibility index (Phi) is 3.27. The zero-order valence-electron chi connectivity index (χ0n) is 10.2. The minimum Gasteiger partial charge on any atom is -0.358 e. The fourth-order valence-electron chi connectivity index (χ4n) is 1.75. The van der Waals surface area contributed by atoms with Gasteiger partial charge in [0.15, 0.2) is 0 Å². The topological polar surface area (TPSA) is 73.0 Å². The lowest BCUT2D eigenvalue weighted by Gasteiger charge is -2.14. The SMILES string of the molecule is CC(Nc1c([N+](=O)[O-])ncn1C)c1ccccc1. The van der Waals surface area contributed by atoms with E-state index in [0.29, 0.717) is 5.82 Å². The van der Waals surface area contributed by atoms with Gasteiger partial charge in [0.1, 0.15) is 0 Å². The van der Waals surface area contributed by atoms with E-state index in [1.54, 1.807) is 11.6 Å². The smallest absolute Gasteiger partial charge is 0.358 e. The Bertz CT molecular complexity index is 550. The average Bonchev–Trinajstić information content (AvgIpc) is 2.72. The lowest BCUT2D eigenvalue weighted by molar-refractivity contribution is -0.388. The van der Waals surface area contributed by atoms with E-state index in [1.807, 2.05) is 37.3 Å². The van der Waals surface area contributed by atoms with Crippen LogP contribution in [0.15, 0.2) is 36.7 Å². The molecule has 1 atom stereocenters. The van der Waals surface area contributed by atoms with Gasteiger partial charge in [0.2, 0.25) is 12.1 Å². The van der Waals surface area contributed by atoms with Crippen LogP contribution in [0.3, 0.4) is 0 Å². The van der Waals surface area contributed by atoms with Crippen LogP contribution in [0.1, 0.15) is 18.5 Å².